The average molecular weight is 325 g/mol. The fraction of sp³-hybridized carbons (Fsp3) is 0.733. The number of methoxy groups -OCH3 is 1. The van der Waals surface area contributed by atoms with E-state index in [1.54, 1.807) is 18.4 Å². The molecule has 0 radical (unpaired) electrons. The van der Waals surface area contributed by atoms with E-state index in [2.05, 4.69) is 15.2 Å². The fourth-order valence-corrected chi connectivity index (χ4v) is 4.00. The second-order valence-corrected chi connectivity index (χ2v) is 6.94. The van der Waals surface area contributed by atoms with Crippen LogP contribution >= 0.6 is 11.3 Å². The number of rotatable bonds is 7. The first-order valence-corrected chi connectivity index (χ1v) is 8.62. The third-order valence-corrected chi connectivity index (χ3v) is 5.20. The maximum absolute atomic E-state index is 12.0. The molecule has 122 valence electrons. The van der Waals surface area contributed by atoms with Gasteiger partial charge >= 0.3 is 0 Å². The Morgan fingerprint density at radius 2 is 2.50 bits per heavy atom. The molecule has 0 aromatic carbocycles. The van der Waals surface area contributed by atoms with Crippen molar-refractivity contribution in [1.82, 2.24) is 15.2 Å². The van der Waals surface area contributed by atoms with Crippen LogP contribution in [0.3, 0.4) is 0 Å². The van der Waals surface area contributed by atoms with Crippen molar-refractivity contribution in [1.29, 1.82) is 0 Å². The lowest BCUT2D eigenvalue weighted by atomic mass is 9.90. The molecular formula is C15H23N3O3S. The summed E-state index contributed by atoms with van der Waals surface area (Å²) in [6.07, 6.45) is 2.67. The van der Waals surface area contributed by atoms with Crippen molar-refractivity contribution in [2.75, 3.05) is 40.0 Å². The van der Waals surface area contributed by atoms with E-state index < -0.39 is 0 Å². The van der Waals surface area contributed by atoms with Crippen LogP contribution in [0.5, 0.6) is 0 Å². The smallest absolute Gasteiger partial charge is 0.220 e. The van der Waals surface area contributed by atoms with Gasteiger partial charge in [-0.25, -0.2) is 4.98 Å². The van der Waals surface area contributed by atoms with Crippen LogP contribution in [0.1, 0.15) is 11.4 Å². The van der Waals surface area contributed by atoms with Crippen LogP contribution in [0.2, 0.25) is 0 Å². The van der Waals surface area contributed by atoms with E-state index in [0.29, 0.717) is 38.0 Å². The lowest BCUT2D eigenvalue weighted by molar-refractivity contribution is -0.122. The zero-order valence-corrected chi connectivity index (χ0v) is 13.7. The number of likely N-dealkylation sites (tertiary alicyclic amines) is 1. The zero-order valence-electron chi connectivity index (χ0n) is 12.9. The first kappa shape index (κ1) is 15.9. The topological polar surface area (TPSA) is 63.7 Å². The predicted octanol–water partition coefficient (Wildman–Crippen LogP) is 0.743. The Morgan fingerprint density at radius 1 is 1.59 bits per heavy atom. The summed E-state index contributed by atoms with van der Waals surface area (Å²) in [4.78, 5) is 18.7. The molecule has 3 rings (SSSR count). The number of amides is 1. The molecule has 2 aliphatic rings. The summed E-state index contributed by atoms with van der Waals surface area (Å²) in [5, 5.41) is 6.05. The van der Waals surface area contributed by atoms with Gasteiger partial charge in [-0.2, -0.15) is 0 Å². The second-order valence-electron chi connectivity index (χ2n) is 5.96. The summed E-state index contributed by atoms with van der Waals surface area (Å²) in [6, 6.07) is 0. The number of carbonyl (C=O) groups excluding carboxylic acids is 1. The van der Waals surface area contributed by atoms with Crippen molar-refractivity contribution < 1.29 is 14.3 Å². The van der Waals surface area contributed by atoms with E-state index in [0.717, 1.165) is 24.6 Å². The average Bonchev–Trinajstić information content (AvgIpc) is 3.19. The highest BCUT2D eigenvalue weighted by Gasteiger charge is 2.44. The normalized spacial score (nSPS) is 28.0. The molecule has 22 heavy (non-hydrogen) atoms. The number of ether oxygens (including phenoxy) is 2. The summed E-state index contributed by atoms with van der Waals surface area (Å²) >= 11 is 1.69. The number of hydrogen-bond acceptors (Lipinski definition) is 6. The number of nitrogens with one attached hydrogen (secondary N) is 1. The van der Waals surface area contributed by atoms with Gasteiger partial charge in [0.1, 0.15) is 5.01 Å². The molecule has 0 saturated carbocycles. The van der Waals surface area contributed by atoms with Crippen LogP contribution in [0.25, 0.3) is 0 Å². The summed E-state index contributed by atoms with van der Waals surface area (Å²) < 4.78 is 10.8. The van der Waals surface area contributed by atoms with Crippen molar-refractivity contribution in [2.45, 2.75) is 19.1 Å². The van der Waals surface area contributed by atoms with E-state index in [4.69, 9.17) is 9.47 Å². The molecular weight excluding hydrogens is 302 g/mol. The van der Waals surface area contributed by atoms with Crippen LogP contribution in [0.4, 0.5) is 0 Å². The molecule has 0 aliphatic carbocycles. The Morgan fingerprint density at radius 3 is 3.27 bits per heavy atom. The highest BCUT2D eigenvalue weighted by molar-refractivity contribution is 7.09. The third-order valence-electron chi connectivity index (χ3n) is 4.43. The highest BCUT2D eigenvalue weighted by atomic mass is 32.1. The quantitative estimate of drug-likeness (QED) is 0.749. The molecule has 1 amide bonds. The molecule has 3 heterocycles. The van der Waals surface area contributed by atoms with Crippen molar-refractivity contribution in [3.8, 4) is 0 Å². The third kappa shape index (κ3) is 3.84. The molecule has 7 heteroatoms. The summed E-state index contributed by atoms with van der Waals surface area (Å²) in [7, 11) is 1.64. The van der Waals surface area contributed by atoms with Gasteiger partial charge in [-0.15, -0.1) is 11.3 Å². The standard InChI is InChI=1S/C15H23N3O3S/c1-20-4-2-16-14(19)6-11-10-21-13-8-18(7-12(11)13)9-15-17-3-5-22-15/h3,5,11-13H,2,4,6-10H2,1H3,(H,16,19)/t11-,12-,13-/m1/s1. The summed E-state index contributed by atoms with van der Waals surface area (Å²) in [5.74, 6) is 0.895. The van der Waals surface area contributed by atoms with E-state index in [1.165, 1.54) is 0 Å². The van der Waals surface area contributed by atoms with Crippen LogP contribution in [-0.2, 0) is 20.8 Å². The molecule has 1 aromatic heterocycles. The highest BCUT2D eigenvalue weighted by Crippen LogP contribution is 2.36. The molecule has 2 aliphatic heterocycles. The number of nitrogens with zero attached hydrogens (tertiary/aromatic N) is 2. The fourth-order valence-electron chi connectivity index (χ4n) is 3.34. The maximum atomic E-state index is 12.0. The number of thiazole rings is 1. The van der Waals surface area contributed by atoms with Gasteiger partial charge in [-0.1, -0.05) is 0 Å². The lowest BCUT2D eigenvalue weighted by Crippen LogP contribution is -2.31. The van der Waals surface area contributed by atoms with Crippen molar-refractivity contribution in [2.24, 2.45) is 11.8 Å². The van der Waals surface area contributed by atoms with Gasteiger partial charge < -0.3 is 14.8 Å². The number of aromatic nitrogens is 1. The van der Waals surface area contributed by atoms with Crippen LogP contribution < -0.4 is 5.32 Å². The molecule has 2 fully saturated rings. The van der Waals surface area contributed by atoms with Crippen LogP contribution in [-0.4, -0.2) is 61.9 Å². The monoisotopic (exact) mass is 325 g/mol. The van der Waals surface area contributed by atoms with E-state index >= 15 is 0 Å². The number of carbonyl (C=O) groups is 1. The lowest BCUT2D eigenvalue weighted by Gasteiger charge is -2.18. The second kappa shape index (κ2) is 7.50. The summed E-state index contributed by atoms with van der Waals surface area (Å²) in [5.41, 5.74) is 0. The predicted molar refractivity (Wildman–Crippen MR) is 83.6 cm³/mol. The SMILES string of the molecule is COCCNC(=O)C[C@@H]1CO[C@@H]2CN(Cc3nccs3)C[C@H]12. The van der Waals surface area contributed by atoms with E-state index in [1.807, 2.05) is 11.6 Å². The Hall–Kier alpha value is -1.02. The molecule has 0 bridgehead atoms. The van der Waals surface area contributed by atoms with Crippen molar-refractivity contribution in [3.05, 3.63) is 16.6 Å². The van der Waals surface area contributed by atoms with Gasteiger partial charge in [-0.3, -0.25) is 9.69 Å². The van der Waals surface area contributed by atoms with Gasteiger partial charge in [0.25, 0.3) is 0 Å². The first-order chi connectivity index (χ1) is 10.8. The largest absolute Gasteiger partial charge is 0.383 e. The Labute approximate surface area is 134 Å². The van der Waals surface area contributed by atoms with E-state index in [-0.39, 0.29) is 12.0 Å². The minimum atomic E-state index is 0.102. The zero-order chi connectivity index (χ0) is 15.4. The maximum Gasteiger partial charge on any atom is 0.220 e. The molecule has 2 saturated heterocycles. The van der Waals surface area contributed by atoms with Gasteiger partial charge in [0.05, 0.1) is 25.9 Å². The minimum absolute atomic E-state index is 0.102. The summed E-state index contributed by atoms with van der Waals surface area (Å²) in [6.45, 7) is 4.68. The number of hydrogen-bond donors (Lipinski definition) is 1. The molecule has 3 atom stereocenters. The molecule has 0 spiro atoms. The molecule has 0 unspecified atom stereocenters. The van der Waals surface area contributed by atoms with Gasteiger partial charge in [-0.05, 0) is 5.92 Å². The molecule has 6 nitrogen and oxygen atoms in total. The van der Waals surface area contributed by atoms with Crippen molar-refractivity contribution >= 4 is 17.2 Å². The van der Waals surface area contributed by atoms with Crippen LogP contribution in [0.15, 0.2) is 11.6 Å². The van der Waals surface area contributed by atoms with E-state index in [9.17, 15) is 4.79 Å². The molecule has 1 N–H and O–H groups in total. The van der Waals surface area contributed by atoms with Crippen LogP contribution in [0, 0.1) is 11.8 Å². The molecule has 1 aromatic rings. The Balaban J connectivity index is 1.46. The first-order valence-electron chi connectivity index (χ1n) is 7.74. The Kier molecular flexibility index (Phi) is 5.41. The van der Waals surface area contributed by atoms with Gasteiger partial charge in [0.15, 0.2) is 0 Å². The number of fused-ring (bicyclic) bond motifs is 1. The minimum Gasteiger partial charge on any atom is -0.383 e. The van der Waals surface area contributed by atoms with Crippen molar-refractivity contribution in [3.63, 3.8) is 0 Å². The Bertz CT molecular complexity index is 482. The van der Waals surface area contributed by atoms with Gasteiger partial charge in [0, 0.05) is 50.7 Å². The van der Waals surface area contributed by atoms with Gasteiger partial charge in [0.2, 0.25) is 5.91 Å².